The summed E-state index contributed by atoms with van der Waals surface area (Å²) in [6.07, 6.45) is 3.86. The Hall–Kier alpha value is -1.37. The monoisotopic (exact) mass is 294 g/mol. The summed E-state index contributed by atoms with van der Waals surface area (Å²) >= 11 is 3.00. The third-order valence-electron chi connectivity index (χ3n) is 3.54. The van der Waals surface area contributed by atoms with Gasteiger partial charge in [-0.1, -0.05) is 0 Å². The number of carbonyl (C=O) groups excluding carboxylic acids is 1. The zero-order valence-corrected chi connectivity index (χ0v) is 12.7. The van der Waals surface area contributed by atoms with Crippen LogP contribution in [0.5, 0.6) is 0 Å². The summed E-state index contributed by atoms with van der Waals surface area (Å²) in [7, 11) is 1.85. The number of nitrogens with zero attached hydrogens (tertiary/aromatic N) is 2. The van der Waals surface area contributed by atoms with Gasteiger partial charge in [0, 0.05) is 0 Å². The molecule has 19 heavy (non-hydrogen) atoms. The van der Waals surface area contributed by atoms with E-state index < -0.39 is 0 Å². The second-order valence-electron chi connectivity index (χ2n) is 4.70. The van der Waals surface area contributed by atoms with Gasteiger partial charge < -0.3 is 0 Å². The fraction of sp³-hybridized carbons (Fsp3) is 0.333. The number of hydrogen-bond acceptors (Lipinski definition) is 1. The number of allylic oxidation sites excluding steroid dienone is 1. The Morgan fingerprint density at radius 2 is 1.95 bits per heavy atom. The first-order valence-corrected chi connectivity index (χ1v) is 6.99. The molecule has 1 saturated heterocycles. The number of hydrogen-bond donors (Lipinski definition) is 0. The van der Waals surface area contributed by atoms with Crippen molar-refractivity contribution in [1.82, 2.24) is 9.80 Å². The van der Waals surface area contributed by atoms with Crippen molar-refractivity contribution < 1.29 is 20.6 Å². The van der Waals surface area contributed by atoms with Crippen LogP contribution in [0.2, 0.25) is 0 Å². The van der Waals surface area contributed by atoms with E-state index in [0.717, 1.165) is 10.1 Å². The standard InChI is InChI=1S/C15H18N2O.Cr/c1-4-5-11-17-14(12(2)16(3)15(17)18)13-9-7-6-8-10-13;/h4-10,12,14H,1-3H3;/b5-4+;/t12-,14-;/m0./s1. The van der Waals surface area contributed by atoms with Crippen LogP contribution in [0.25, 0.3) is 0 Å². The Balaban J connectivity index is 2.43. The fourth-order valence-corrected chi connectivity index (χ4v) is 2.93. The third kappa shape index (κ3) is 2.51. The van der Waals surface area contributed by atoms with Crippen molar-refractivity contribution in [2.75, 3.05) is 7.05 Å². The Morgan fingerprint density at radius 3 is 2.53 bits per heavy atom. The molecule has 0 spiro atoms. The molecule has 4 heteroatoms. The van der Waals surface area contributed by atoms with Crippen LogP contribution in [0.3, 0.4) is 0 Å². The molecule has 2 rings (SSSR count). The van der Waals surface area contributed by atoms with Gasteiger partial charge in [0.1, 0.15) is 0 Å². The molecule has 0 aromatic heterocycles. The predicted octanol–water partition coefficient (Wildman–Crippen LogP) is 2.74. The molecule has 1 fully saturated rings. The third-order valence-corrected chi connectivity index (χ3v) is 4.06. The van der Waals surface area contributed by atoms with Crippen molar-refractivity contribution in [1.29, 1.82) is 0 Å². The van der Waals surface area contributed by atoms with E-state index in [0.29, 0.717) is 0 Å². The molecular formula is C15H18CrN2O. The van der Waals surface area contributed by atoms with Crippen LogP contribution < -0.4 is 0 Å². The zero-order chi connectivity index (χ0) is 14.0. The fourth-order valence-electron chi connectivity index (χ4n) is 2.42. The van der Waals surface area contributed by atoms with Gasteiger partial charge in [-0.3, -0.25) is 0 Å². The molecule has 2 atom stereocenters. The topological polar surface area (TPSA) is 23.6 Å². The van der Waals surface area contributed by atoms with Gasteiger partial charge in [0.25, 0.3) is 0 Å². The summed E-state index contributed by atoms with van der Waals surface area (Å²) in [5.74, 6) is 0. The molecule has 0 unspecified atom stereocenters. The van der Waals surface area contributed by atoms with Crippen molar-refractivity contribution in [2.24, 2.45) is 0 Å². The number of carbonyl (C=O) groups is 1. The van der Waals surface area contributed by atoms with E-state index in [4.69, 9.17) is 0 Å². The molecule has 0 saturated carbocycles. The minimum atomic E-state index is 0.0354. The molecule has 1 aromatic carbocycles. The normalized spacial score (nSPS) is 23.4. The molecule has 2 amide bonds. The average molecular weight is 294 g/mol. The van der Waals surface area contributed by atoms with E-state index in [2.05, 4.69) is 34.9 Å². The van der Waals surface area contributed by atoms with Crippen LogP contribution in [0, 0.1) is 0 Å². The molecule has 1 aromatic rings. The van der Waals surface area contributed by atoms with Crippen LogP contribution in [0.15, 0.2) is 42.5 Å². The summed E-state index contributed by atoms with van der Waals surface area (Å²) in [4.78, 5) is 16.0. The molecule has 0 radical (unpaired) electrons. The average Bonchev–Trinajstić information content (AvgIpc) is 2.64. The van der Waals surface area contributed by atoms with Crippen molar-refractivity contribution in [3.05, 3.63) is 48.0 Å². The SMILES string of the molecule is C/C=C/[C](=[Cr])N1C(=O)N(C)[C@@H](C)[C@H]1c1ccccc1. The summed E-state index contributed by atoms with van der Waals surface area (Å²) in [6.45, 7) is 4.03. The predicted molar refractivity (Wildman–Crippen MR) is 73.5 cm³/mol. The zero-order valence-electron chi connectivity index (χ0n) is 11.4. The van der Waals surface area contributed by atoms with E-state index in [1.54, 1.807) is 4.90 Å². The molecular weight excluding hydrogens is 276 g/mol. The van der Waals surface area contributed by atoms with E-state index in [1.165, 1.54) is 0 Å². The van der Waals surface area contributed by atoms with E-state index >= 15 is 0 Å². The number of amides is 2. The van der Waals surface area contributed by atoms with Crippen molar-refractivity contribution in [3.63, 3.8) is 0 Å². The molecule has 100 valence electrons. The summed E-state index contributed by atoms with van der Waals surface area (Å²) < 4.78 is 0.859. The van der Waals surface area contributed by atoms with E-state index in [-0.39, 0.29) is 18.1 Å². The number of likely N-dealkylation sites (N-methyl/N-ethyl adjacent to an activating group) is 1. The summed E-state index contributed by atoms with van der Waals surface area (Å²) in [5, 5.41) is 0. The molecule has 0 N–H and O–H groups in total. The number of urea groups is 1. The maximum absolute atomic E-state index is 12.4. The second kappa shape index (κ2) is 5.73. The van der Waals surface area contributed by atoms with Crippen LogP contribution in [0.4, 0.5) is 4.79 Å². The van der Waals surface area contributed by atoms with E-state index in [1.807, 2.05) is 49.2 Å². The maximum atomic E-state index is 12.4. The first kappa shape index (κ1) is 14.1. The van der Waals surface area contributed by atoms with Gasteiger partial charge in [0.2, 0.25) is 0 Å². The van der Waals surface area contributed by atoms with Crippen molar-refractivity contribution in [3.8, 4) is 0 Å². The van der Waals surface area contributed by atoms with Gasteiger partial charge in [-0.15, -0.1) is 0 Å². The van der Waals surface area contributed by atoms with Gasteiger partial charge in [0.15, 0.2) is 0 Å². The molecule has 1 aliphatic heterocycles. The van der Waals surface area contributed by atoms with Gasteiger partial charge in [0.05, 0.1) is 0 Å². The van der Waals surface area contributed by atoms with Gasteiger partial charge in [-0.25, -0.2) is 0 Å². The number of rotatable bonds is 3. The van der Waals surface area contributed by atoms with Gasteiger partial charge in [-0.05, 0) is 0 Å². The summed E-state index contributed by atoms with van der Waals surface area (Å²) in [6, 6.07) is 10.4. The summed E-state index contributed by atoms with van der Waals surface area (Å²) in [5.41, 5.74) is 1.16. The van der Waals surface area contributed by atoms with Crippen molar-refractivity contribution in [2.45, 2.75) is 25.9 Å². The second-order valence-corrected chi connectivity index (χ2v) is 5.35. The molecule has 1 aliphatic rings. The quantitative estimate of drug-likeness (QED) is 0.841. The molecule has 0 bridgehead atoms. The van der Waals surface area contributed by atoms with Crippen molar-refractivity contribution >= 4 is 10.5 Å². The van der Waals surface area contributed by atoms with Crippen LogP contribution in [0.1, 0.15) is 25.5 Å². The Morgan fingerprint density at radius 1 is 1.32 bits per heavy atom. The van der Waals surface area contributed by atoms with Crippen LogP contribution in [-0.4, -0.2) is 33.4 Å². The van der Waals surface area contributed by atoms with Crippen LogP contribution >= 0.6 is 0 Å². The number of benzene rings is 1. The first-order chi connectivity index (χ1) is 9.07. The first-order valence-electron chi connectivity index (χ1n) is 6.35. The van der Waals surface area contributed by atoms with E-state index in [9.17, 15) is 4.79 Å². The van der Waals surface area contributed by atoms with Gasteiger partial charge >= 0.3 is 122 Å². The molecule has 0 aliphatic carbocycles. The molecule has 3 nitrogen and oxygen atoms in total. The van der Waals surface area contributed by atoms with Gasteiger partial charge in [-0.2, -0.15) is 0 Å². The molecule has 1 heterocycles. The Kier molecular flexibility index (Phi) is 4.24. The Bertz CT molecular complexity index is 512. The van der Waals surface area contributed by atoms with Crippen LogP contribution in [-0.2, 0) is 15.9 Å². The Labute approximate surface area is 122 Å². The minimum absolute atomic E-state index is 0.0354.